The summed E-state index contributed by atoms with van der Waals surface area (Å²) in [6.45, 7) is 2.10. The maximum atomic E-state index is 6.33. The van der Waals surface area contributed by atoms with Crippen molar-refractivity contribution in [1.82, 2.24) is 9.78 Å². The number of aromatic nitrogens is 2. The summed E-state index contributed by atoms with van der Waals surface area (Å²) in [6.07, 6.45) is 1.86. The SMILES string of the molecule is CCCc1nn(-c2ccccc2Cl)c(Cl)c1CCl. The van der Waals surface area contributed by atoms with E-state index in [2.05, 4.69) is 12.0 Å². The van der Waals surface area contributed by atoms with Crippen molar-refractivity contribution in [3.63, 3.8) is 0 Å². The van der Waals surface area contributed by atoms with Crippen molar-refractivity contribution >= 4 is 34.8 Å². The molecule has 0 aliphatic rings. The van der Waals surface area contributed by atoms with Gasteiger partial charge in [0.2, 0.25) is 0 Å². The fourth-order valence-electron chi connectivity index (χ4n) is 1.82. The van der Waals surface area contributed by atoms with E-state index in [1.807, 2.05) is 24.3 Å². The molecular formula is C13H13Cl3N2. The zero-order valence-electron chi connectivity index (χ0n) is 9.96. The Hall–Kier alpha value is -0.700. The number of hydrogen-bond acceptors (Lipinski definition) is 1. The highest BCUT2D eigenvalue weighted by atomic mass is 35.5. The van der Waals surface area contributed by atoms with Gasteiger partial charge in [-0.15, -0.1) is 11.6 Å². The smallest absolute Gasteiger partial charge is 0.137 e. The molecule has 0 unspecified atom stereocenters. The van der Waals surface area contributed by atoms with Gasteiger partial charge in [-0.05, 0) is 18.6 Å². The van der Waals surface area contributed by atoms with Crippen LogP contribution < -0.4 is 0 Å². The van der Waals surface area contributed by atoms with Gasteiger partial charge >= 0.3 is 0 Å². The Morgan fingerprint density at radius 2 is 1.94 bits per heavy atom. The molecule has 96 valence electrons. The summed E-state index contributed by atoms with van der Waals surface area (Å²) in [6, 6.07) is 7.47. The van der Waals surface area contributed by atoms with Crippen molar-refractivity contribution in [2.45, 2.75) is 25.6 Å². The van der Waals surface area contributed by atoms with Crippen LogP contribution in [0.25, 0.3) is 5.69 Å². The Bertz CT molecular complexity index is 549. The predicted octanol–water partition coefficient (Wildman–Crippen LogP) is 4.87. The highest BCUT2D eigenvalue weighted by molar-refractivity contribution is 6.33. The molecule has 0 bridgehead atoms. The van der Waals surface area contributed by atoms with E-state index < -0.39 is 0 Å². The molecule has 0 radical (unpaired) electrons. The van der Waals surface area contributed by atoms with Gasteiger partial charge in [0, 0.05) is 5.56 Å². The maximum Gasteiger partial charge on any atom is 0.137 e. The van der Waals surface area contributed by atoms with Crippen LogP contribution >= 0.6 is 34.8 Å². The van der Waals surface area contributed by atoms with Crippen LogP contribution in [0.1, 0.15) is 24.6 Å². The quantitative estimate of drug-likeness (QED) is 0.737. The minimum absolute atomic E-state index is 0.360. The third-order valence-electron chi connectivity index (χ3n) is 2.71. The van der Waals surface area contributed by atoms with E-state index >= 15 is 0 Å². The molecule has 0 spiro atoms. The average molecular weight is 304 g/mol. The summed E-state index contributed by atoms with van der Waals surface area (Å²) >= 11 is 18.4. The van der Waals surface area contributed by atoms with Crippen LogP contribution in [-0.2, 0) is 12.3 Å². The van der Waals surface area contributed by atoms with Crippen LogP contribution in [0.3, 0.4) is 0 Å². The largest absolute Gasteiger partial charge is 0.220 e. The van der Waals surface area contributed by atoms with Gasteiger partial charge in [0.25, 0.3) is 0 Å². The molecular weight excluding hydrogens is 291 g/mol. The Morgan fingerprint density at radius 1 is 1.22 bits per heavy atom. The number of benzene rings is 1. The molecule has 0 aliphatic carbocycles. The monoisotopic (exact) mass is 302 g/mol. The third-order valence-corrected chi connectivity index (χ3v) is 3.68. The van der Waals surface area contributed by atoms with Crippen LogP contribution in [0, 0.1) is 0 Å². The first-order valence-electron chi connectivity index (χ1n) is 5.76. The topological polar surface area (TPSA) is 17.8 Å². The second kappa shape index (κ2) is 5.96. The van der Waals surface area contributed by atoms with Gasteiger partial charge in [-0.3, -0.25) is 0 Å². The summed E-state index contributed by atoms with van der Waals surface area (Å²) in [5, 5.41) is 5.68. The lowest BCUT2D eigenvalue weighted by Gasteiger charge is -2.05. The van der Waals surface area contributed by atoms with E-state index in [0.717, 1.165) is 29.8 Å². The summed E-state index contributed by atoms with van der Waals surface area (Å²) < 4.78 is 1.66. The molecule has 0 aliphatic heterocycles. The number of nitrogens with zero attached hydrogens (tertiary/aromatic N) is 2. The maximum absolute atomic E-state index is 6.33. The van der Waals surface area contributed by atoms with Crippen molar-refractivity contribution in [3.05, 3.63) is 45.7 Å². The van der Waals surface area contributed by atoms with Crippen LogP contribution in [0.4, 0.5) is 0 Å². The molecule has 0 atom stereocenters. The molecule has 0 saturated carbocycles. The number of alkyl halides is 1. The first-order valence-corrected chi connectivity index (χ1v) is 7.05. The number of hydrogen-bond donors (Lipinski definition) is 0. The first-order chi connectivity index (χ1) is 8.69. The van der Waals surface area contributed by atoms with Gasteiger partial charge in [-0.1, -0.05) is 48.7 Å². The number of halogens is 3. The Labute approximate surface area is 121 Å². The summed E-state index contributed by atoms with van der Waals surface area (Å²) in [5.41, 5.74) is 2.61. The van der Waals surface area contributed by atoms with Crippen molar-refractivity contribution < 1.29 is 0 Å². The lowest BCUT2D eigenvalue weighted by molar-refractivity contribution is 0.805. The molecule has 0 fully saturated rings. The number of rotatable bonds is 4. The van der Waals surface area contributed by atoms with E-state index in [4.69, 9.17) is 34.8 Å². The fourth-order valence-corrected chi connectivity index (χ4v) is 2.69. The minimum atomic E-state index is 0.360. The number of para-hydroxylation sites is 1. The van der Waals surface area contributed by atoms with Gasteiger partial charge in [0.15, 0.2) is 0 Å². The summed E-state index contributed by atoms with van der Waals surface area (Å²) in [7, 11) is 0. The van der Waals surface area contributed by atoms with Crippen molar-refractivity contribution in [3.8, 4) is 5.69 Å². The van der Waals surface area contributed by atoms with Crippen molar-refractivity contribution in [2.75, 3.05) is 0 Å². The lowest BCUT2D eigenvalue weighted by atomic mass is 10.2. The van der Waals surface area contributed by atoms with Crippen LogP contribution in [-0.4, -0.2) is 9.78 Å². The van der Waals surface area contributed by atoms with Crippen LogP contribution in [0.5, 0.6) is 0 Å². The summed E-state index contributed by atoms with van der Waals surface area (Å²) in [4.78, 5) is 0. The molecule has 1 aromatic carbocycles. The predicted molar refractivity (Wildman–Crippen MR) is 77.1 cm³/mol. The van der Waals surface area contributed by atoms with Gasteiger partial charge in [0.1, 0.15) is 5.15 Å². The van der Waals surface area contributed by atoms with E-state index in [9.17, 15) is 0 Å². The van der Waals surface area contributed by atoms with Gasteiger partial charge in [-0.2, -0.15) is 5.10 Å². The van der Waals surface area contributed by atoms with Gasteiger partial charge in [-0.25, -0.2) is 4.68 Å². The van der Waals surface area contributed by atoms with Crippen LogP contribution in [0.15, 0.2) is 24.3 Å². The molecule has 0 saturated heterocycles. The molecule has 0 N–H and O–H groups in total. The van der Waals surface area contributed by atoms with E-state index in [1.165, 1.54) is 0 Å². The van der Waals surface area contributed by atoms with Gasteiger partial charge in [0.05, 0.1) is 22.3 Å². The Morgan fingerprint density at radius 3 is 2.56 bits per heavy atom. The van der Waals surface area contributed by atoms with E-state index in [0.29, 0.717) is 16.1 Å². The molecule has 0 amide bonds. The second-order valence-electron chi connectivity index (χ2n) is 3.96. The number of aryl methyl sites for hydroxylation is 1. The summed E-state index contributed by atoms with van der Waals surface area (Å²) in [5.74, 6) is 0.360. The van der Waals surface area contributed by atoms with Crippen LogP contribution in [0.2, 0.25) is 10.2 Å². The highest BCUT2D eigenvalue weighted by Crippen LogP contribution is 2.29. The molecule has 5 heteroatoms. The zero-order valence-corrected chi connectivity index (χ0v) is 12.2. The molecule has 1 aromatic heterocycles. The van der Waals surface area contributed by atoms with E-state index in [1.54, 1.807) is 4.68 Å². The fraction of sp³-hybridized carbons (Fsp3) is 0.308. The minimum Gasteiger partial charge on any atom is -0.220 e. The first kappa shape index (κ1) is 13.7. The van der Waals surface area contributed by atoms with Gasteiger partial charge < -0.3 is 0 Å². The molecule has 2 rings (SSSR count). The average Bonchev–Trinajstić information content (AvgIpc) is 2.67. The lowest BCUT2D eigenvalue weighted by Crippen LogP contribution is -1.98. The highest BCUT2D eigenvalue weighted by Gasteiger charge is 2.17. The molecule has 2 aromatic rings. The zero-order chi connectivity index (χ0) is 13.1. The normalized spacial score (nSPS) is 10.9. The Kier molecular flexibility index (Phi) is 4.55. The third kappa shape index (κ3) is 2.51. The molecule has 1 heterocycles. The molecule has 2 nitrogen and oxygen atoms in total. The van der Waals surface area contributed by atoms with Crippen molar-refractivity contribution in [2.24, 2.45) is 0 Å². The van der Waals surface area contributed by atoms with E-state index in [-0.39, 0.29) is 0 Å². The van der Waals surface area contributed by atoms with Crippen molar-refractivity contribution in [1.29, 1.82) is 0 Å². The molecule has 18 heavy (non-hydrogen) atoms. The second-order valence-corrected chi connectivity index (χ2v) is 5.00. The standard InChI is InChI=1S/C13H13Cl3N2/c1-2-5-11-9(8-14)13(16)18(17-11)12-7-4-3-6-10(12)15/h3-4,6-7H,2,5,8H2,1H3. The Balaban J connectivity index is 2.55.